The van der Waals surface area contributed by atoms with Gasteiger partial charge in [0.1, 0.15) is 17.3 Å². The number of hydrogen-bond donors (Lipinski definition) is 1. The number of pyridine rings is 1. The third-order valence-corrected chi connectivity index (χ3v) is 5.20. The number of nitrogens with one attached hydrogen (secondary N) is 1. The van der Waals surface area contributed by atoms with Crippen molar-refractivity contribution < 1.29 is 22.3 Å². The van der Waals surface area contributed by atoms with Crippen molar-refractivity contribution in [3.05, 3.63) is 83.8 Å². The molecule has 29 heavy (non-hydrogen) atoms. The first-order chi connectivity index (χ1) is 13.9. The molecule has 0 radical (unpaired) electrons. The van der Waals surface area contributed by atoms with Gasteiger partial charge in [-0.25, -0.2) is 22.5 Å². The molecule has 1 aromatic heterocycles. The lowest BCUT2D eigenvalue weighted by Crippen LogP contribution is -2.24. The van der Waals surface area contributed by atoms with E-state index in [1.54, 1.807) is 48.7 Å². The molecular weight excluding hydrogens is 395 g/mol. The van der Waals surface area contributed by atoms with Crippen molar-refractivity contribution >= 4 is 10.0 Å². The van der Waals surface area contributed by atoms with Gasteiger partial charge in [-0.05, 0) is 60.5 Å². The van der Waals surface area contributed by atoms with Crippen LogP contribution in [0.5, 0.6) is 17.4 Å². The van der Waals surface area contributed by atoms with Gasteiger partial charge in [0.05, 0.1) is 12.4 Å². The molecule has 6 nitrogen and oxygen atoms in total. The Balaban J connectivity index is 1.60. The van der Waals surface area contributed by atoms with Gasteiger partial charge in [0.15, 0.2) is 0 Å². The number of benzene rings is 2. The van der Waals surface area contributed by atoms with E-state index >= 15 is 0 Å². The van der Waals surface area contributed by atoms with Crippen LogP contribution in [0.1, 0.15) is 18.1 Å². The average Bonchev–Trinajstić information content (AvgIpc) is 2.68. The zero-order chi connectivity index (χ0) is 20.7. The number of rotatable bonds is 9. The lowest BCUT2D eigenvalue weighted by molar-refractivity contribution is 0.339. The van der Waals surface area contributed by atoms with Crippen LogP contribution in [0.3, 0.4) is 0 Å². The largest absolute Gasteiger partial charge is 0.494 e. The van der Waals surface area contributed by atoms with Crippen LogP contribution in [0, 0.1) is 5.82 Å². The molecular formula is C21H21FN2O4S. The quantitative estimate of drug-likeness (QED) is 0.570. The van der Waals surface area contributed by atoms with Crippen LogP contribution in [0.25, 0.3) is 0 Å². The molecule has 0 spiro atoms. The Bertz CT molecular complexity index is 1060. The minimum absolute atomic E-state index is 0.0693. The molecule has 0 fully saturated rings. The van der Waals surface area contributed by atoms with E-state index in [4.69, 9.17) is 9.47 Å². The molecule has 1 heterocycles. The summed E-state index contributed by atoms with van der Waals surface area (Å²) >= 11 is 0. The molecule has 0 saturated carbocycles. The van der Waals surface area contributed by atoms with Crippen LogP contribution in [-0.2, 0) is 22.3 Å². The molecule has 0 bridgehead atoms. The average molecular weight is 416 g/mol. The topological polar surface area (TPSA) is 77.5 Å². The van der Waals surface area contributed by atoms with Gasteiger partial charge in [0, 0.05) is 18.8 Å². The van der Waals surface area contributed by atoms with E-state index in [0.717, 1.165) is 5.75 Å². The minimum Gasteiger partial charge on any atom is -0.494 e. The second-order valence-corrected chi connectivity index (χ2v) is 8.03. The van der Waals surface area contributed by atoms with Crippen molar-refractivity contribution in [1.29, 1.82) is 0 Å². The second kappa shape index (κ2) is 9.49. The summed E-state index contributed by atoms with van der Waals surface area (Å²) in [4.78, 5) is 4.14. The smallest absolute Gasteiger partial charge is 0.219 e. The first-order valence-corrected chi connectivity index (χ1v) is 10.7. The van der Waals surface area contributed by atoms with Gasteiger partial charge >= 0.3 is 0 Å². The zero-order valence-electron chi connectivity index (χ0n) is 15.8. The molecule has 1 N–H and O–H groups in total. The molecule has 2 aromatic carbocycles. The number of sulfonamides is 1. The lowest BCUT2D eigenvalue weighted by Gasteiger charge is -2.09. The molecule has 3 rings (SSSR count). The van der Waals surface area contributed by atoms with Crippen molar-refractivity contribution in [1.82, 2.24) is 9.71 Å². The van der Waals surface area contributed by atoms with E-state index in [0.29, 0.717) is 29.4 Å². The van der Waals surface area contributed by atoms with E-state index in [9.17, 15) is 12.8 Å². The van der Waals surface area contributed by atoms with Gasteiger partial charge in [-0.15, -0.1) is 0 Å². The number of hydrogen-bond acceptors (Lipinski definition) is 5. The predicted molar refractivity (Wildman–Crippen MR) is 108 cm³/mol. The highest BCUT2D eigenvalue weighted by molar-refractivity contribution is 7.88. The third kappa shape index (κ3) is 6.55. The summed E-state index contributed by atoms with van der Waals surface area (Å²) in [6.07, 6.45) is 1.54. The van der Waals surface area contributed by atoms with Gasteiger partial charge in [-0.1, -0.05) is 12.1 Å². The summed E-state index contributed by atoms with van der Waals surface area (Å²) in [7, 11) is -3.62. The van der Waals surface area contributed by atoms with Gasteiger partial charge in [-0.2, -0.15) is 0 Å². The fourth-order valence-electron chi connectivity index (χ4n) is 2.60. The molecule has 0 unspecified atom stereocenters. The maximum absolute atomic E-state index is 13.2. The normalized spacial score (nSPS) is 11.2. The Morgan fingerprint density at radius 2 is 1.76 bits per heavy atom. The van der Waals surface area contributed by atoms with E-state index in [1.165, 1.54) is 18.2 Å². The first-order valence-electron chi connectivity index (χ1n) is 9.01. The maximum Gasteiger partial charge on any atom is 0.219 e. The Morgan fingerprint density at radius 1 is 1.00 bits per heavy atom. The van der Waals surface area contributed by atoms with Gasteiger partial charge < -0.3 is 9.47 Å². The van der Waals surface area contributed by atoms with Crippen LogP contribution < -0.4 is 14.2 Å². The van der Waals surface area contributed by atoms with Crippen molar-refractivity contribution in [2.45, 2.75) is 19.2 Å². The van der Waals surface area contributed by atoms with E-state index < -0.39 is 15.8 Å². The van der Waals surface area contributed by atoms with E-state index in [1.807, 2.05) is 6.92 Å². The van der Waals surface area contributed by atoms with Crippen molar-refractivity contribution in [3.63, 3.8) is 0 Å². The summed E-state index contributed by atoms with van der Waals surface area (Å²) in [5.41, 5.74) is 1.07. The molecule has 0 aliphatic carbocycles. The zero-order valence-corrected chi connectivity index (χ0v) is 16.7. The lowest BCUT2D eigenvalue weighted by atomic mass is 10.2. The molecule has 0 amide bonds. The summed E-state index contributed by atoms with van der Waals surface area (Å²) in [6.45, 7) is 2.56. The highest BCUT2D eigenvalue weighted by Crippen LogP contribution is 2.23. The van der Waals surface area contributed by atoms with E-state index in [-0.39, 0.29) is 12.3 Å². The van der Waals surface area contributed by atoms with Crippen LogP contribution in [-0.4, -0.2) is 20.0 Å². The Kier molecular flexibility index (Phi) is 6.79. The summed E-state index contributed by atoms with van der Waals surface area (Å²) in [5.74, 6) is 0.906. The first kappa shape index (κ1) is 20.8. The summed E-state index contributed by atoms with van der Waals surface area (Å²) in [6, 6.07) is 16.0. The summed E-state index contributed by atoms with van der Waals surface area (Å²) < 4.78 is 51.3. The number of aromatic nitrogens is 1. The SMILES string of the molecule is CCOc1ccc(Oc2cc(CNS(=O)(=O)Cc3cccc(F)c3)ccn2)cc1. The van der Waals surface area contributed by atoms with Gasteiger partial charge in [0.25, 0.3) is 0 Å². The second-order valence-electron chi connectivity index (χ2n) is 6.22. The number of nitrogens with zero attached hydrogens (tertiary/aromatic N) is 1. The maximum atomic E-state index is 13.2. The minimum atomic E-state index is -3.62. The van der Waals surface area contributed by atoms with Crippen LogP contribution >= 0.6 is 0 Å². The molecule has 0 aliphatic heterocycles. The Labute approximate surface area is 169 Å². The van der Waals surface area contributed by atoms with Crippen LogP contribution in [0.4, 0.5) is 4.39 Å². The van der Waals surface area contributed by atoms with Gasteiger partial charge in [-0.3, -0.25) is 0 Å². The Hall–Kier alpha value is -2.97. The fraction of sp³-hybridized carbons (Fsp3) is 0.190. The molecule has 8 heteroatoms. The van der Waals surface area contributed by atoms with Crippen molar-refractivity contribution in [3.8, 4) is 17.4 Å². The predicted octanol–water partition coefficient (Wildman–Crippen LogP) is 4.03. The molecule has 3 aromatic rings. The van der Waals surface area contributed by atoms with Gasteiger partial charge in [0.2, 0.25) is 15.9 Å². The molecule has 0 atom stereocenters. The van der Waals surface area contributed by atoms with Crippen molar-refractivity contribution in [2.75, 3.05) is 6.61 Å². The molecule has 152 valence electrons. The van der Waals surface area contributed by atoms with Crippen molar-refractivity contribution in [2.24, 2.45) is 0 Å². The van der Waals surface area contributed by atoms with E-state index in [2.05, 4.69) is 9.71 Å². The number of halogens is 1. The Morgan fingerprint density at radius 3 is 2.48 bits per heavy atom. The molecule has 0 saturated heterocycles. The number of ether oxygens (including phenoxy) is 2. The third-order valence-electron chi connectivity index (χ3n) is 3.90. The highest BCUT2D eigenvalue weighted by Gasteiger charge is 2.12. The van der Waals surface area contributed by atoms with Crippen LogP contribution in [0.2, 0.25) is 0 Å². The molecule has 0 aliphatic rings. The highest BCUT2D eigenvalue weighted by atomic mass is 32.2. The fourth-order valence-corrected chi connectivity index (χ4v) is 3.71. The van der Waals surface area contributed by atoms with Crippen LogP contribution in [0.15, 0.2) is 66.9 Å². The summed E-state index contributed by atoms with van der Waals surface area (Å²) in [5, 5.41) is 0. The standard InChI is InChI=1S/C21H21FN2O4S/c1-2-27-19-6-8-20(9-7-19)28-21-13-16(10-11-23-21)14-24-29(25,26)15-17-4-3-5-18(22)12-17/h3-13,24H,2,14-15H2,1H3. The monoisotopic (exact) mass is 416 g/mol.